The number of nitrogens with one attached hydrogen (secondary N) is 1. The predicted octanol–water partition coefficient (Wildman–Crippen LogP) is 2.16. The highest BCUT2D eigenvalue weighted by Gasteiger charge is 2.34. The van der Waals surface area contributed by atoms with Crippen LogP contribution in [0.15, 0.2) is 65.6 Å². The summed E-state index contributed by atoms with van der Waals surface area (Å²) in [5.74, 6) is 0.0336. The molecule has 1 N–H and O–H groups in total. The maximum absolute atomic E-state index is 13.6. The zero-order valence-electron chi connectivity index (χ0n) is 19.1. The van der Waals surface area contributed by atoms with Gasteiger partial charge < -0.3 is 10.2 Å². The average molecular weight is 471 g/mol. The van der Waals surface area contributed by atoms with Gasteiger partial charge in [-0.15, -0.1) is 0 Å². The molecule has 2 heterocycles. The molecule has 2 saturated heterocycles. The lowest BCUT2D eigenvalue weighted by Gasteiger charge is -2.38. The highest BCUT2D eigenvalue weighted by Crippen LogP contribution is 2.25. The van der Waals surface area contributed by atoms with Gasteiger partial charge in [-0.05, 0) is 30.5 Å². The van der Waals surface area contributed by atoms with Gasteiger partial charge in [-0.1, -0.05) is 48.5 Å². The van der Waals surface area contributed by atoms with E-state index in [0.29, 0.717) is 18.0 Å². The number of nitrogens with zero attached hydrogens (tertiary/aromatic N) is 3. The Labute approximate surface area is 197 Å². The molecule has 33 heavy (non-hydrogen) atoms. The molecule has 0 spiro atoms. The molecule has 7 nitrogen and oxygen atoms in total. The van der Waals surface area contributed by atoms with Gasteiger partial charge in [0, 0.05) is 64.8 Å². The second-order valence-corrected chi connectivity index (χ2v) is 10.7. The van der Waals surface area contributed by atoms with Crippen LogP contribution in [0.3, 0.4) is 0 Å². The molecule has 0 radical (unpaired) electrons. The molecule has 2 aromatic carbocycles. The lowest BCUT2D eigenvalue weighted by molar-refractivity contribution is -0.131. The monoisotopic (exact) mass is 470 g/mol. The first-order valence-electron chi connectivity index (χ1n) is 11.9. The number of sulfonamides is 1. The number of carbonyl (C=O) groups is 1. The van der Waals surface area contributed by atoms with Crippen LogP contribution in [0.5, 0.6) is 0 Å². The van der Waals surface area contributed by atoms with Gasteiger partial charge >= 0.3 is 0 Å². The molecular weight excluding hydrogens is 436 g/mol. The van der Waals surface area contributed by atoms with Crippen molar-refractivity contribution >= 4 is 15.9 Å². The summed E-state index contributed by atoms with van der Waals surface area (Å²) in [6, 6.07) is 18.9. The molecule has 0 aliphatic carbocycles. The minimum absolute atomic E-state index is 0.0336. The summed E-state index contributed by atoms with van der Waals surface area (Å²) in [5, 5.41) is 3.25. The Hall–Kier alpha value is -2.26. The third-order valence-corrected chi connectivity index (χ3v) is 8.54. The van der Waals surface area contributed by atoms with Gasteiger partial charge in [0.1, 0.15) is 0 Å². The average Bonchev–Trinajstić information content (AvgIpc) is 2.86. The van der Waals surface area contributed by atoms with Crippen molar-refractivity contribution in [2.45, 2.75) is 36.7 Å². The summed E-state index contributed by atoms with van der Waals surface area (Å²) in [6.45, 7) is 5.72. The molecule has 0 unspecified atom stereocenters. The topological polar surface area (TPSA) is 73.0 Å². The van der Waals surface area contributed by atoms with Crippen molar-refractivity contribution in [2.75, 3.05) is 45.8 Å². The van der Waals surface area contributed by atoms with E-state index in [1.165, 1.54) is 5.56 Å². The van der Waals surface area contributed by atoms with Crippen molar-refractivity contribution in [1.82, 2.24) is 19.4 Å². The highest BCUT2D eigenvalue weighted by atomic mass is 32.2. The number of likely N-dealkylation sites (tertiary alicyclic amines) is 1. The van der Waals surface area contributed by atoms with Crippen LogP contribution in [0.2, 0.25) is 0 Å². The van der Waals surface area contributed by atoms with Gasteiger partial charge in [0.25, 0.3) is 0 Å². The quantitative estimate of drug-likeness (QED) is 0.640. The fourth-order valence-electron chi connectivity index (χ4n) is 4.71. The van der Waals surface area contributed by atoms with Crippen LogP contribution in [0, 0.1) is 0 Å². The molecule has 8 heteroatoms. The first kappa shape index (κ1) is 23.9. The van der Waals surface area contributed by atoms with Gasteiger partial charge in [-0.3, -0.25) is 9.69 Å². The summed E-state index contributed by atoms with van der Waals surface area (Å²) in [5.41, 5.74) is 1.27. The molecule has 1 amide bonds. The number of piperazine rings is 1. The molecule has 2 aliphatic heterocycles. The Morgan fingerprint density at radius 2 is 1.52 bits per heavy atom. The van der Waals surface area contributed by atoms with Gasteiger partial charge in [0.15, 0.2) is 0 Å². The van der Waals surface area contributed by atoms with E-state index in [4.69, 9.17) is 0 Å². The summed E-state index contributed by atoms with van der Waals surface area (Å²) in [4.78, 5) is 17.3. The number of piperidine rings is 1. The molecule has 178 valence electrons. The largest absolute Gasteiger partial charge is 0.340 e. The van der Waals surface area contributed by atoms with Crippen molar-refractivity contribution < 1.29 is 13.2 Å². The van der Waals surface area contributed by atoms with Crippen molar-refractivity contribution in [1.29, 1.82) is 0 Å². The molecule has 2 aliphatic rings. The number of hydrogen-bond donors (Lipinski definition) is 1. The van der Waals surface area contributed by atoms with E-state index in [0.717, 1.165) is 45.6 Å². The van der Waals surface area contributed by atoms with Crippen LogP contribution in [-0.2, 0) is 21.4 Å². The zero-order chi connectivity index (χ0) is 23.1. The van der Waals surface area contributed by atoms with E-state index in [9.17, 15) is 13.2 Å². The standard InChI is InChI=1S/C25H34N4O3S/c30-25(28-19-14-26-15-20-28)13-18-29(33(31,32)24-9-5-2-6-10-24)23-11-16-27(17-12-23)21-22-7-3-1-4-8-22/h1-10,23,26H,11-21H2. The van der Waals surface area contributed by atoms with Crippen LogP contribution in [0.1, 0.15) is 24.8 Å². The van der Waals surface area contributed by atoms with E-state index >= 15 is 0 Å². The van der Waals surface area contributed by atoms with Crippen LogP contribution in [-0.4, -0.2) is 80.3 Å². The third-order valence-electron chi connectivity index (χ3n) is 6.58. The lowest BCUT2D eigenvalue weighted by Crippen LogP contribution is -2.50. The number of rotatable bonds is 8. The highest BCUT2D eigenvalue weighted by molar-refractivity contribution is 7.89. The molecule has 0 aromatic heterocycles. The first-order valence-corrected chi connectivity index (χ1v) is 13.3. The summed E-state index contributed by atoms with van der Waals surface area (Å²) in [6.07, 6.45) is 1.75. The zero-order valence-corrected chi connectivity index (χ0v) is 19.9. The third kappa shape index (κ3) is 6.20. The summed E-state index contributed by atoms with van der Waals surface area (Å²) < 4.78 is 28.7. The number of amides is 1. The van der Waals surface area contributed by atoms with E-state index in [1.807, 2.05) is 29.2 Å². The Balaban J connectivity index is 1.44. The fourth-order valence-corrected chi connectivity index (χ4v) is 6.42. The van der Waals surface area contributed by atoms with Crippen molar-refractivity contribution in [3.8, 4) is 0 Å². The molecule has 0 saturated carbocycles. The number of carbonyl (C=O) groups excluding carboxylic acids is 1. The number of hydrogen-bond acceptors (Lipinski definition) is 5. The Kier molecular flexibility index (Phi) is 8.14. The Bertz CT molecular complexity index is 987. The van der Waals surface area contributed by atoms with E-state index in [1.54, 1.807) is 28.6 Å². The maximum Gasteiger partial charge on any atom is 0.243 e. The van der Waals surface area contributed by atoms with E-state index in [2.05, 4.69) is 22.3 Å². The minimum atomic E-state index is -3.67. The smallest absolute Gasteiger partial charge is 0.243 e. The molecule has 4 rings (SSSR count). The summed E-state index contributed by atoms with van der Waals surface area (Å²) in [7, 11) is -3.67. The maximum atomic E-state index is 13.6. The Morgan fingerprint density at radius 1 is 0.909 bits per heavy atom. The van der Waals surface area contributed by atoms with Crippen LogP contribution >= 0.6 is 0 Å². The second-order valence-electron chi connectivity index (χ2n) is 8.80. The van der Waals surface area contributed by atoms with Crippen molar-refractivity contribution in [2.24, 2.45) is 0 Å². The van der Waals surface area contributed by atoms with Gasteiger partial charge in [0.05, 0.1) is 4.90 Å². The van der Waals surface area contributed by atoms with Crippen LogP contribution in [0.25, 0.3) is 0 Å². The minimum Gasteiger partial charge on any atom is -0.340 e. The van der Waals surface area contributed by atoms with E-state index in [-0.39, 0.29) is 24.9 Å². The molecule has 2 fully saturated rings. The fraction of sp³-hybridized carbons (Fsp3) is 0.480. The molecule has 0 bridgehead atoms. The van der Waals surface area contributed by atoms with Crippen LogP contribution < -0.4 is 5.32 Å². The van der Waals surface area contributed by atoms with Gasteiger partial charge in [0.2, 0.25) is 15.9 Å². The van der Waals surface area contributed by atoms with Crippen molar-refractivity contribution in [3.63, 3.8) is 0 Å². The first-order chi connectivity index (χ1) is 16.0. The lowest BCUT2D eigenvalue weighted by atomic mass is 10.0. The number of benzene rings is 2. The predicted molar refractivity (Wildman–Crippen MR) is 129 cm³/mol. The Morgan fingerprint density at radius 3 is 2.15 bits per heavy atom. The second kappa shape index (κ2) is 11.2. The molecule has 0 atom stereocenters. The van der Waals surface area contributed by atoms with E-state index < -0.39 is 10.0 Å². The summed E-state index contributed by atoms with van der Waals surface area (Å²) >= 11 is 0. The molecule has 2 aromatic rings. The normalized spacial score (nSPS) is 18.5. The van der Waals surface area contributed by atoms with Crippen molar-refractivity contribution in [3.05, 3.63) is 66.2 Å². The SMILES string of the molecule is O=C(CCN(C1CCN(Cc2ccccc2)CC1)S(=O)(=O)c1ccccc1)N1CCNCC1. The van der Waals surface area contributed by atoms with Gasteiger partial charge in [-0.25, -0.2) is 8.42 Å². The van der Waals surface area contributed by atoms with Gasteiger partial charge in [-0.2, -0.15) is 4.31 Å². The molecular formula is C25H34N4O3S. The van der Waals surface area contributed by atoms with Crippen LogP contribution in [0.4, 0.5) is 0 Å².